The smallest absolute Gasteiger partial charge is 0.0992 e. The fraction of sp³-hybridized carbons (Fsp3) is 0.500. The normalized spacial score (nSPS) is 15.3. The maximum atomic E-state index is 10.2. The highest BCUT2D eigenvalue weighted by molar-refractivity contribution is 9.10. The fourth-order valence-electron chi connectivity index (χ4n) is 1.31. The second-order valence-electron chi connectivity index (χ2n) is 4.32. The molecule has 1 aromatic rings. The average Bonchev–Trinajstić information content (AvgIpc) is 2.16. The Balaban J connectivity index is 2.72. The van der Waals surface area contributed by atoms with E-state index in [0.717, 1.165) is 10.0 Å². The third-order valence-electron chi connectivity index (χ3n) is 2.32. The lowest BCUT2D eigenvalue weighted by Crippen LogP contribution is -2.38. The first-order valence-electron chi connectivity index (χ1n) is 5.13. The van der Waals surface area contributed by atoms with E-state index < -0.39 is 5.60 Å². The van der Waals surface area contributed by atoms with Crippen molar-refractivity contribution in [1.82, 2.24) is 5.32 Å². The number of aliphatic hydroxyl groups is 1. The molecule has 0 aliphatic rings. The van der Waals surface area contributed by atoms with Gasteiger partial charge in [-0.05, 0) is 24.6 Å². The van der Waals surface area contributed by atoms with Gasteiger partial charge in [0.25, 0.3) is 0 Å². The maximum Gasteiger partial charge on any atom is 0.0992 e. The summed E-state index contributed by atoms with van der Waals surface area (Å²) in [6, 6.07) is 8.14. The molecule has 0 aliphatic heterocycles. The molecule has 0 bridgehead atoms. The molecular formula is C12H18BrNO. The molecule has 2 N–H and O–H groups in total. The summed E-state index contributed by atoms with van der Waals surface area (Å²) in [4.78, 5) is 0. The first-order valence-corrected chi connectivity index (χ1v) is 5.93. The van der Waals surface area contributed by atoms with E-state index >= 15 is 0 Å². The molecule has 1 aromatic carbocycles. The van der Waals surface area contributed by atoms with Gasteiger partial charge in [-0.15, -0.1) is 0 Å². The second kappa shape index (κ2) is 5.10. The zero-order valence-electron chi connectivity index (χ0n) is 9.42. The predicted molar refractivity (Wildman–Crippen MR) is 66.9 cm³/mol. The van der Waals surface area contributed by atoms with E-state index in [0.29, 0.717) is 12.6 Å². The monoisotopic (exact) mass is 271 g/mol. The van der Waals surface area contributed by atoms with Crippen molar-refractivity contribution in [3.63, 3.8) is 0 Å². The molecule has 0 amide bonds. The Morgan fingerprint density at radius 3 is 2.33 bits per heavy atom. The standard InChI is InChI=1S/C12H18BrNO/c1-9(2)14-8-12(3,15)10-4-6-11(13)7-5-10/h4-7,9,14-15H,8H2,1-3H3. The van der Waals surface area contributed by atoms with E-state index in [2.05, 4.69) is 35.1 Å². The molecular weight excluding hydrogens is 254 g/mol. The third-order valence-corrected chi connectivity index (χ3v) is 2.85. The molecule has 1 unspecified atom stereocenters. The minimum Gasteiger partial charge on any atom is -0.384 e. The van der Waals surface area contributed by atoms with Crippen molar-refractivity contribution in [3.8, 4) is 0 Å². The highest BCUT2D eigenvalue weighted by Crippen LogP contribution is 2.21. The van der Waals surface area contributed by atoms with E-state index in [1.165, 1.54) is 0 Å². The van der Waals surface area contributed by atoms with Gasteiger partial charge in [0.2, 0.25) is 0 Å². The van der Waals surface area contributed by atoms with Crippen LogP contribution in [0.2, 0.25) is 0 Å². The van der Waals surface area contributed by atoms with Crippen molar-refractivity contribution in [2.75, 3.05) is 6.54 Å². The number of halogens is 1. The summed E-state index contributed by atoms with van der Waals surface area (Å²) in [5.74, 6) is 0. The van der Waals surface area contributed by atoms with Crippen molar-refractivity contribution in [2.24, 2.45) is 0 Å². The molecule has 0 saturated carbocycles. The van der Waals surface area contributed by atoms with Gasteiger partial charge in [0.1, 0.15) is 0 Å². The summed E-state index contributed by atoms with van der Waals surface area (Å²) in [6.07, 6.45) is 0. The molecule has 1 atom stereocenters. The van der Waals surface area contributed by atoms with Gasteiger partial charge in [-0.2, -0.15) is 0 Å². The van der Waals surface area contributed by atoms with Crippen LogP contribution in [-0.2, 0) is 5.60 Å². The Morgan fingerprint density at radius 2 is 1.87 bits per heavy atom. The van der Waals surface area contributed by atoms with E-state index in [1.54, 1.807) is 0 Å². The number of hydrogen-bond donors (Lipinski definition) is 2. The summed E-state index contributed by atoms with van der Waals surface area (Å²) in [5, 5.41) is 13.5. The van der Waals surface area contributed by atoms with Crippen LogP contribution < -0.4 is 5.32 Å². The predicted octanol–water partition coefficient (Wildman–Crippen LogP) is 2.65. The van der Waals surface area contributed by atoms with Gasteiger partial charge in [0.05, 0.1) is 5.60 Å². The molecule has 0 spiro atoms. The van der Waals surface area contributed by atoms with Gasteiger partial charge in [0, 0.05) is 17.1 Å². The lowest BCUT2D eigenvalue weighted by atomic mass is 9.96. The van der Waals surface area contributed by atoms with Crippen LogP contribution in [0, 0.1) is 0 Å². The van der Waals surface area contributed by atoms with E-state index in [-0.39, 0.29) is 0 Å². The largest absolute Gasteiger partial charge is 0.384 e. The Hall–Kier alpha value is -0.380. The summed E-state index contributed by atoms with van der Waals surface area (Å²) in [5.41, 5.74) is 0.115. The van der Waals surface area contributed by atoms with E-state index in [4.69, 9.17) is 0 Å². The lowest BCUT2D eigenvalue weighted by Gasteiger charge is -2.25. The second-order valence-corrected chi connectivity index (χ2v) is 5.23. The van der Waals surface area contributed by atoms with Crippen LogP contribution in [-0.4, -0.2) is 17.7 Å². The van der Waals surface area contributed by atoms with Crippen molar-refractivity contribution >= 4 is 15.9 Å². The van der Waals surface area contributed by atoms with Crippen LogP contribution in [0.1, 0.15) is 26.3 Å². The van der Waals surface area contributed by atoms with E-state index in [9.17, 15) is 5.11 Å². The quantitative estimate of drug-likeness (QED) is 0.883. The van der Waals surface area contributed by atoms with Crippen molar-refractivity contribution < 1.29 is 5.11 Å². The Kier molecular flexibility index (Phi) is 4.32. The summed E-state index contributed by atoms with van der Waals surface area (Å²) in [6.45, 7) is 6.52. The Labute approximate surface area is 99.8 Å². The molecule has 2 nitrogen and oxygen atoms in total. The minimum atomic E-state index is -0.815. The SMILES string of the molecule is CC(C)NCC(C)(O)c1ccc(Br)cc1. The molecule has 0 saturated heterocycles. The van der Waals surface area contributed by atoms with Gasteiger partial charge in [0.15, 0.2) is 0 Å². The number of hydrogen-bond acceptors (Lipinski definition) is 2. The van der Waals surface area contributed by atoms with Crippen LogP contribution in [0.5, 0.6) is 0 Å². The number of nitrogens with one attached hydrogen (secondary N) is 1. The van der Waals surface area contributed by atoms with Crippen LogP contribution in [0.15, 0.2) is 28.7 Å². The van der Waals surface area contributed by atoms with Crippen LogP contribution >= 0.6 is 15.9 Å². The van der Waals surface area contributed by atoms with Crippen molar-refractivity contribution in [2.45, 2.75) is 32.4 Å². The highest BCUT2D eigenvalue weighted by Gasteiger charge is 2.22. The summed E-state index contributed by atoms with van der Waals surface area (Å²) < 4.78 is 1.03. The molecule has 15 heavy (non-hydrogen) atoms. The van der Waals surface area contributed by atoms with Gasteiger partial charge < -0.3 is 10.4 Å². The topological polar surface area (TPSA) is 32.3 Å². The zero-order chi connectivity index (χ0) is 11.5. The first kappa shape index (κ1) is 12.7. The Morgan fingerprint density at radius 1 is 1.33 bits per heavy atom. The van der Waals surface area contributed by atoms with Crippen LogP contribution in [0.4, 0.5) is 0 Å². The maximum absolute atomic E-state index is 10.2. The van der Waals surface area contributed by atoms with Crippen molar-refractivity contribution in [3.05, 3.63) is 34.3 Å². The van der Waals surface area contributed by atoms with Gasteiger partial charge in [-0.3, -0.25) is 0 Å². The molecule has 3 heteroatoms. The lowest BCUT2D eigenvalue weighted by molar-refractivity contribution is 0.0549. The van der Waals surface area contributed by atoms with Crippen LogP contribution in [0.3, 0.4) is 0 Å². The molecule has 0 aromatic heterocycles. The van der Waals surface area contributed by atoms with Crippen molar-refractivity contribution in [1.29, 1.82) is 0 Å². The fourth-order valence-corrected chi connectivity index (χ4v) is 1.58. The highest BCUT2D eigenvalue weighted by atomic mass is 79.9. The average molecular weight is 272 g/mol. The molecule has 0 heterocycles. The van der Waals surface area contributed by atoms with Gasteiger partial charge in [-0.25, -0.2) is 0 Å². The summed E-state index contributed by atoms with van der Waals surface area (Å²) in [7, 11) is 0. The molecule has 0 fully saturated rings. The van der Waals surface area contributed by atoms with Gasteiger partial charge >= 0.3 is 0 Å². The summed E-state index contributed by atoms with van der Waals surface area (Å²) >= 11 is 3.38. The molecule has 0 aliphatic carbocycles. The van der Waals surface area contributed by atoms with Crippen LogP contribution in [0.25, 0.3) is 0 Å². The molecule has 84 valence electrons. The molecule has 1 rings (SSSR count). The minimum absolute atomic E-state index is 0.381. The first-order chi connectivity index (χ1) is 6.92. The molecule has 0 radical (unpaired) electrons. The third kappa shape index (κ3) is 3.93. The van der Waals surface area contributed by atoms with Gasteiger partial charge in [-0.1, -0.05) is 41.9 Å². The number of rotatable bonds is 4. The Bertz CT molecular complexity index is 306. The zero-order valence-corrected chi connectivity index (χ0v) is 11.0. The number of benzene rings is 1. The van der Waals surface area contributed by atoms with E-state index in [1.807, 2.05) is 31.2 Å².